The lowest BCUT2D eigenvalue weighted by atomic mass is 9.63. The summed E-state index contributed by atoms with van der Waals surface area (Å²) in [5.41, 5.74) is 11.1. The standard InChI is InChI=1S/C47H32N2O/c1-4-16-33(17-5-1)42-32-43(49-46(48-42)34-18-6-2-7-19-34)37-22-14-20-35(30-37)36-21-15-25-39(31-36)47(38-23-8-3-9-24-38)40-26-10-12-28-44(40)50-45-29-13-11-27-41(45)47/h1-32H. The van der Waals surface area contributed by atoms with Crippen molar-refractivity contribution in [1.82, 2.24) is 9.97 Å². The van der Waals surface area contributed by atoms with Gasteiger partial charge in [-0.1, -0.05) is 164 Å². The molecule has 3 heteroatoms. The van der Waals surface area contributed by atoms with Crippen LogP contribution in [0.2, 0.25) is 0 Å². The van der Waals surface area contributed by atoms with Crippen LogP contribution in [0.3, 0.4) is 0 Å². The third-order valence-corrected chi connectivity index (χ3v) is 9.62. The summed E-state index contributed by atoms with van der Waals surface area (Å²) in [4.78, 5) is 10.1. The van der Waals surface area contributed by atoms with Gasteiger partial charge in [-0.15, -0.1) is 0 Å². The van der Waals surface area contributed by atoms with Gasteiger partial charge in [0.05, 0.1) is 16.8 Å². The van der Waals surface area contributed by atoms with Crippen molar-refractivity contribution in [2.45, 2.75) is 5.41 Å². The molecule has 0 bridgehead atoms. The Balaban J connectivity index is 1.21. The van der Waals surface area contributed by atoms with Crippen LogP contribution in [0, 0.1) is 0 Å². The Labute approximate surface area is 292 Å². The smallest absolute Gasteiger partial charge is 0.160 e. The Bertz CT molecular complexity index is 2350. The molecule has 0 spiro atoms. The van der Waals surface area contributed by atoms with Crippen molar-refractivity contribution < 1.29 is 4.74 Å². The Morgan fingerprint density at radius 3 is 1.46 bits per heavy atom. The van der Waals surface area contributed by atoms with E-state index in [1.807, 2.05) is 48.5 Å². The highest BCUT2D eigenvalue weighted by Gasteiger charge is 2.45. The second-order valence-electron chi connectivity index (χ2n) is 12.6. The maximum absolute atomic E-state index is 6.53. The van der Waals surface area contributed by atoms with Gasteiger partial charge in [0.15, 0.2) is 5.82 Å². The Morgan fingerprint density at radius 2 is 0.800 bits per heavy atom. The lowest BCUT2D eigenvalue weighted by molar-refractivity contribution is 0.434. The second-order valence-corrected chi connectivity index (χ2v) is 12.6. The number of ether oxygens (including phenoxy) is 1. The number of nitrogens with zero attached hydrogens (tertiary/aromatic N) is 2. The number of aromatic nitrogens is 2. The molecule has 0 fully saturated rings. The van der Waals surface area contributed by atoms with Crippen LogP contribution in [0.1, 0.15) is 22.3 Å². The van der Waals surface area contributed by atoms with Gasteiger partial charge in [0.2, 0.25) is 0 Å². The van der Waals surface area contributed by atoms with Gasteiger partial charge in [0, 0.05) is 27.8 Å². The molecule has 1 aliphatic heterocycles. The minimum atomic E-state index is -0.581. The van der Waals surface area contributed by atoms with Gasteiger partial charge in [-0.05, 0) is 52.6 Å². The molecule has 2 heterocycles. The average Bonchev–Trinajstić information content (AvgIpc) is 3.21. The summed E-state index contributed by atoms with van der Waals surface area (Å²) in [6.45, 7) is 0. The molecule has 0 unspecified atom stereocenters. The van der Waals surface area contributed by atoms with Crippen LogP contribution in [-0.2, 0) is 5.41 Å². The van der Waals surface area contributed by atoms with Crippen LogP contribution in [0.15, 0.2) is 194 Å². The molecule has 7 aromatic carbocycles. The summed E-state index contributed by atoms with van der Waals surface area (Å²) in [6, 6.07) is 67.9. The highest BCUT2D eigenvalue weighted by atomic mass is 16.5. The first-order valence-corrected chi connectivity index (χ1v) is 16.9. The minimum Gasteiger partial charge on any atom is -0.457 e. The van der Waals surface area contributed by atoms with Crippen molar-refractivity contribution in [3.63, 3.8) is 0 Å². The van der Waals surface area contributed by atoms with E-state index >= 15 is 0 Å². The third-order valence-electron chi connectivity index (χ3n) is 9.62. The monoisotopic (exact) mass is 640 g/mol. The van der Waals surface area contributed by atoms with Gasteiger partial charge in [-0.2, -0.15) is 0 Å². The van der Waals surface area contributed by atoms with Gasteiger partial charge in [0.25, 0.3) is 0 Å². The Morgan fingerprint density at radius 1 is 0.340 bits per heavy atom. The molecule has 0 radical (unpaired) electrons. The fourth-order valence-corrected chi connectivity index (χ4v) is 7.33. The van der Waals surface area contributed by atoms with Crippen LogP contribution in [0.5, 0.6) is 11.5 Å². The zero-order chi connectivity index (χ0) is 33.3. The first-order valence-electron chi connectivity index (χ1n) is 16.9. The van der Waals surface area contributed by atoms with Gasteiger partial charge in [0.1, 0.15) is 11.5 Å². The van der Waals surface area contributed by atoms with Crippen LogP contribution >= 0.6 is 0 Å². The molecule has 50 heavy (non-hydrogen) atoms. The molecule has 0 saturated heterocycles. The first-order chi connectivity index (χ1) is 24.8. The van der Waals surface area contributed by atoms with E-state index in [1.54, 1.807) is 0 Å². The predicted octanol–water partition coefficient (Wildman–Crippen LogP) is 11.6. The number of fused-ring (bicyclic) bond motifs is 2. The second kappa shape index (κ2) is 12.5. The van der Waals surface area contributed by atoms with Crippen molar-refractivity contribution in [2.24, 2.45) is 0 Å². The highest BCUT2D eigenvalue weighted by molar-refractivity contribution is 5.77. The van der Waals surface area contributed by atoms with Crippen molar-refractivity contribution in [3.8, 4) is 56.5 Å². The summed E-state index contributed by atoms with van der Waals surface area (Å²) >= 11 is 0. The lowest BCUT2D eigenvalue weighted by Gasteiger charge is -2.41. The van der Waals surface area contributed by atoms with Crippen LogP contribution < -0.4 is 4.74 Å². The number of benzene rings is 7. The summed E-state index contributed by atoms with van der Waals surface area (Å²) in [7, 11) is 0. The number of hydrogen-bond acceptors (Lipinski definition) is 3. The Kier molecular flexibility index (Phi) is 7.37. The molecular weight excluding hydrogens is 609 g/mol. The predicted molar refractivity (Wildman–Crippen MR) is 202 cm³/mol. The molecule has 9 rings (SSSR count). The van der Waals surface area contributed by atoms with Crippen molar-refractivity contribution in [3.05, 3.63) is 216 Å². The zero-order valence-corrected chi connectivity index (χ0v) is 27.3. The van der Waals surface area contributed by atoms with Crippen molar-refractivity contribution >= 4 is 0 Å². The van der Waals surface area contributed by atoms with E-state index in [1.165, 1.54) is 11.1 Å². The third kappa shape index (κ3) is 5.08. The largest absolute Gasteiger partial charge is 0.457 e. The van der Waals surface area contributed by atoms with Crippen LogP contribution in [0.25, 0.3) is 45.0 Å². The molecule has 1 aliphatic rings. The molecular formula is C47H32N2O. The van der Waals surface area contributed by atoms with Crippen LogP contribution in [-0.4, -0.2) is 9.97 Å². The fourth-order valence-electron chi connectivity index (χ4n) is 7.33. The van der Waals surface area contributed by atoms with E-state index in [0.29, 0.717) is 5.82 Å². The zero-order valence-electron chi connectivity index (χ0n) is 27.3. The van der Waals surface area contributed by atoms with Gasteiger partial charge < -0.3 is 4.74 Å². The summed E-state index contributed by atoms with van der Waals surface area (Å²) in [6.07, 6.45) is 0. The highest BCUT2D eigenvalue weighted by Crippen LogP contribution is 2.55. The maximum atomic E-state index is 6.53. The number of hydrogen-bond donors (Lipinski definition) is 0. The van der Waals surface area contributed by atoms with E-state index in [9.17, 15) is 0 Å². The SMILES string of the molecule is c1ccc(-c2cc(-c3cccc(-c4cccc(C5(c6ccccc6)c6ccccc6Oc6ccccc65)c4)c3)nc(-c3ccccc3)n2)cc1. The summed E-state index contributed by atoms with van der Waals surface area (Å²) < 4.78 is 6.53. The van der Waals surface area contributed by atoms with Crippen LogP contribution in [0.4, 0.5) is 0 Å². The van der Waals surface area contributed by atoms with E-state index in [-0.39, 0.29) is 0 Å². The fraction of sp³-hybridized carbons (Fsp3) is 0.0213. The molecule has 0 N–H and O–H groups in total. The van der Waals surface area contributed by atoms with E-state index in [4.69, 9.17) is 14.7 Å². The molecule has 8 aromatic rings. The average molecular weight is 641 g/mol. The molecule has 0 atom stereocenters. The molecule has 0 saturated carbocycles. The van der Waals surface area contributed by atoms with Gasteiger partial charge >= 0.3 is 0 Å². The molecule has 236 valence electrons. The van der Waals surface area contributed by atoms with E-state index < -0.39 is 5.41 Å². The summed E-state index contributed by atoms with van der Waals surface area (Å²) in [5, 5.41) is 0. The molecule has 0 amide bonds. The minimum absolute atomic E-state index is 0.581. The van der Waals surface area contributed by atoms with Gasteiger partial charge in [-0.25, -0.2) is 9.97 Å². The molecule has 3 nitrogen and oxygen atoms in total. The van der Waals surface area contributed by atoms with Gasteiger partial charge in [-0.3, -0.25) is 0 Å². The normalized spacial score (nSPS) is 12.7. The van der Waals surface area contributed by atoms with Crippen molar-refractivity contribution in [2.75, 3.05) is 0 Å². The summed E-state index contributed by atoms with van der Waals surface area (Å²) in [5.74, 6) is 2.44. The topological polar surface area (TPSA) is 35.0 Å². The molecule has 1 aromatic heterocycles. The van der Waals surface area contributed by atoms with E-state index in [0.717, 1.165) is 61.8 Å². The number of para-hydroxylation sites is 2. The maximum Gasteiger partial charge on any atom is 0.160 e. The number of rotatable bonds is 6. The first kappa shape index (κ1) is 29.6. The molecule has 0 aliphatic carbocycles. The van der Waals surface area contributed by atoms with Crippen molar-refractivity contribution in [1.29, 1.82) is 0 Å². The van der Waals surface area contributed by atoms with E-state index in [2.05, 4.69) is 146 Å². The lowest BCUT2D eigenvalue weighted by Crippen LogP contribution is -2.34. The quantitative estimate of drug-likeness (QED) is 0.181. The Hall–Kier alpha value is -6.58.